The predicted molar refractivity (Wildman–Crippen MR) is 84.4 cm³/mol. The molecule has 1 heterocycles. The van der Waals surface area contributed by atoms with Gasteiger partial charge in [0, 0.05) is 19.7 Å². The number of carbonyl (C=O) groups excluding carboxylic acids is 1. The average molecular weight is 321 g/mol. The first-order valence-electron chi connectivity index (χ1n) is 7.86. The van der Waals surface area contributed by atoms with Gasteiger partial charge in [0.2, 0.25) is 0 Å². The van der Waals surface area contributed by atoms with Crippen molar-refractivity contribution in [2.24, 2.45) is 0 Å². The lowest BCUT2D eigenvalue weighted by molar-refractivity contribution is -0.144. The number of aromatic carboxylic acids is 1. The predicted octanol–water partition coefficient (Wildman–Crippen LogP) is 1.71. The molecule has 2 rings (SSSR count). The van der Waals surface area contributed by atoms with Crippen LogP contribution in [-0.4, -0.2) is 54.4 Å². The van der Waals surface area contributed by atoms with Crippen LogP contribution in [0.1, 0.15) is 35.3 Å². The number of carboxylic acid groups (broad SMARTS) is 1. The largest absolute Gasteiger partial charge is 0.478 e. The zero-order valence-electron chi connectivity index (χ0n) is 13.6. The summed E-state index contributed by atoms with van der Waals surface area (Å²) in [6.45, 7) is 6.17. The number of ether oxygens (including phenoxy) is 2. The molecule has 0 saturated carbocycles. The summed E-state index contributed by atoms with van der Waals surface area (Å²) in [6.07, 6.45) is 0.201. The standard InChI is InChI=1S/C17H23NO5/c1-3-22-8-9-23-12(2)16(19)18-7-6-13-4-5-14(17(20)21)10-15(13)11-18/h4-5,10,12H,3,6-9,11H2,1-2H3,(H,20,21). The minimum atomic E-state index is -0.955. The van der Waals surface area contributed by atoms with Crippen molar-refractivity contribution in [3.8, 4) is 0 Å². The second kappa shape index (κ2) is 8.08. The molecular weight excluding hydrogens is 298 g/mol. The SMILES string of the molecule is CCOCCOC(C)C(=O)N1CCc2ccc(C(=O)O)cc2C1. The molecule has 6 nitrogen and oxygen atoms in total. The van der Waals surface area contributed by atoms with Gasteiger partial charge in [-0.3, -0.25) is 4.79 Å². The van der Waals surface area contributed by atoms with E-state index >= 15 is 0 Å². The third kappa shape index (κ3) is 4.53. The van der Waals surface area contributed by atoms with Crippen molar-refractivity contribution in [1.82, 2.24) is 4.90 Å². The van der Waals surface area contributed by atoms with Gasteiger partial charge in [-0.05, 0) is 43.5 Å². The van der Waals surface area contributed by atoms with Crippen LogP contribution in [0.4, 0.5) is 0 Å². The number of nitrogens with zero attached hydrogens (tertiary/aromatic N) is 1. The summed E-state index contributed by atoms with van der Waals surface area (Å²) in [5.74, 6) is -1.03. The van der Waals surface area contributed by atoms with Crippen LogP contribution in [0.15, 0.2) is 18.2 Å². The van der Waals surface area contributed by atoms with E-state index in [2.05, 4.69) is 0 Å². The lowest BCUT2D eigenvalue weighted by atomic mass is 9.97. The van der Waals surface area contributed by atoms with Gasteiger partial charge in [-0.2, -0.15) is 0 Å². The Hall–Kier alpha value is -1.92. The summed E-state index contributed by atoms with van der Waals surface area (Å²) in [4.78, 5) is 25.2. The maximum absolute atomic E-state index is 12.4. The summed E-state index contributed by atoms with van der Waals surface area (Å²) in [6, 6.07) is 5.10. The molecule has 1 aliphatic heterocycles. The number of hydrogen-bond donors (Lipinski definition) is 1. The Morgan fingerprint density at radius 3 is 2.78 bits per heavy atom. The van der Waals surface area contributed by atoms with Crippen LogP contribution in [0.3, 0.4) is 0 Å². The Kier molecular flexibility index (Phi) is 6.12. The third-order valence-electron chi connectivity index (χ3n) is 3.92. The summed E-state index contributed by atoms with van der Waals surface area (Å²) in [7, 11) is 0. The highest BCUT2D eigenvalue weighted by Gasteiger charge is 2.25. The van der Waals surface area contributed by atoms with E-state index in [1.54, 1.807) is 24.0 Å². The third-order valence-corrected chi connectivity index (χ3v) is 3.92. The first-order valence-corrected chi connectivity index (χ1v) is 7.86. The number of rotatable bonds is 7. The Labute approximate surface area is 136 Å². The number of fused-ring (bicyclic) bond motifs is 1. The van der Waals surface area contributed by atoms with Gasteiger partial charge in [0.15, 0.2) is 0 Å². The minimum Gasteiger partial charge on any atom is -0.478 e. The number of carboxylic acids is 1. The molecule has 1 aromatic rings. The van der Waals surface area contributed by atoms with Crippen LogP contribution < -0.4 is 0 Å². The first kappa shape index (κ1) is 17.4. The first-order chi connectivity index (χ1) is 11.0. The fourth-order valence-electron chi connectivity index (χ4n) is 2.63. The molecule has 0 aromatic heterocycles. The molecule has 0 radical (unpaired) electrons. The molecule has 1 unspecified atom stereocenters. The lowest BCUT2D eigenvalue weighted by Gasteiger charge is -2.31. The van der Waals surface area contributed by atoms with Gasteiger partial charge in [-0.15, -0.1) is 0 Å². The highest BCUT2D eigenvalue weighted by molar-refractivity contribution is 5.88. The van der Waals surface area contributed by atoms with Crippen LogP contribution in [-0.2, 0) is 27.2 Å². The Morgan fingerprint density at radius 1 is 1.30 bits per heavy atom. The highest BCUT2D eigenvalue weighted by Crippen LogP contribution is 2.21. The molecule has 1 amide bonds. The zero-order valence-corrected chi connectivity index (χ0v) is 13.6. The Morgan fingerprint density at radius 2 is 2.09 bits per heavy atom. The molecule has 6 heteroatoms. The topological polar surface area (TPSA) is 76.1 Å². The smallest absolute Gasteiger partial charge is 0.335 e. The number of hydrogen-bond acceptors (Lipinski definition) is 4. The molecule has 0 fully saturated rings. The van der Waals surface area contributed by atoms with Crippen LogP contribution in [0, 0.1) is 0 Å². The molecule has 1 atom stereocenters. The van der Waals surface area contributed by atoms with E-state index in [0.717, 1.165) is 17.5 Å². The van der Waals surface area contributed by atoms with E-state index in [1.165, 1.54) is 0 Å². The van der Waals surface area contributed by atoms with E-state index in [0.29, 0.717) is 32.9 Å². The van der Waals surface area contributed by atoms with E-state index in [1.807, 2.05) is 13.0 Å². The van der Waals surface area contributed by atoms with Gasteiger partial charge in [0.05, 0.1) is 18.8 Å². The minimum absolute atomic E-state index is 0.0760. The molecule has 1 N–H and O–H groups in total. The molecule has 23 heavy (non-hydrogen) atoms. The summed E-state index contributed by atoms with van der Waals surface area (Å²) < 4.78 is 10.7. The molecule has 0 spiro atoms. The molecule has 0 aliphatic carbocycles. The van der Waals surface area contributed by atoms with Gasteiger partial charge in [0.1, 0.15) is 6.10 Å². The van der Waals surface area contributed by atoms with Crippen molar-refractivity contribution < 1.29 is 24.2 Å². The van der Waals surface area contributed by atoms with E-state index in [9.17, 15) is 9.59 Å². The van der Waals surface area contributed by atoms with Gasteiger partial charge in [-0.1, -0.05) is 6.07 Å². The van der Waals surface area contributed by atoms with Crippen molar-refractivity contribution in [1.29, 1.82) is 0 Å². The zero-order chi connectivity index (χ0) is 16.8. The maximum Gasteiger partial charge on any atom is 0.335 e. The summed E-state index contributed by atoms with van der Waals surface area (Å²) >= 11 is 0. The van der Waals surface area contributed by atoms with Crippen LogP contribution >= 0.6 is 0 Å². The molecule has 126 valence electrons. The van der Waals surface area contributed by atoms with Gasteiger partial charge < -0.3 is 19.5 Å². The summed E-state index contributed by atoms with van der Waals surface area (Å²) in [5.41, 5.74) is 2.24. The van der Waals surface area contributed by atoms with E-state index < -0.39 is 12.1 Å². The van der Waals surface area contributed by atoms with Gasteiger partial charge in [-0.25, -0.2) is 4.79 Å². The molecule has 1 aliphatic rings. The average Bonchev–Trinajstić information content (AvgIpc) is 2.56. The van der Waals surface area contributed by atoms with Crippen LogP contribution in [0.2, 0.25) is 0 Å². The fraction of sp³-hybridized carbons (Fsp3) is 0.529. The van der Waals surface area contributed by atoms with Gasteiger partial charge >= 0.3 is 5.97 Å². The second-order valence-corrected chi connectivity index (χ2v) is 5.51. The lowest BCUT2D eigenvalue weighted by Crippen LogP contribution is -2.42. The maximum atomic E-state index is 12.4. The number of carbonyl (C=O) groups is 2. The molecular formula is C17H23NO5. The van der Waals surface area contributed by atoms with Crippen molar-refractivity contribution in [3.05, 3.63) is 34.9 Å². The van der Waals surface area contributed by atoms with Crippen molar-refractivity contribution >= 4 is 11.9 Å². The second-order valence-electron chi connectivity index (χ2n) is 5.51. The molecule has 0 bridgehead atoms. The Balaban J connectivity index is 1.96. The van der Waals surface area contributed by atoms with Crippen LogP contribution in [0.25, 0.3) is 0 Å². The quantitative estimate of drug-likeness (QED) is 0.774. The Bertz CT molecular complexity index is 572. The van der Waals surface area contributed by atoms with Crippen LogP contribution in [0.5, 0.6) is 0 Å². The van der Waals surface area contributed by atoms with Crippen molar-refractivity contribution in [2.75, 3.05) is 26.4 Å². The number of benzene rings is 1. The summed E-state index contributed by atoms with van der Waals surface area (Å²) in [5, 5.41) is 9.08. The van der Waals surface area contributed by atoms with Crippen molar-refractivity contribution in [3.63, 3.8) is 0 Å². The normalized spacial score (nSPS) is 15.1. The molecule has 1 aromatic carbocycles. The van der Waals surface area contributed by atoms with E-state index in [-0.39, 0.29) is 11.5 Å². The van der Waals surface area contributed by atoms with E-state index in [4.69, 9.17) is 14.6 Å². The molecule has 0 saturated heterocycles. The van der Waals surface area contributed by atoms with Crippen molar-refractivity contribution in [2.45, 2.75) is 32.9 Å². The fourth-order valence-corrected chi connectivity index (χ4v) is 2.63. The number of amides is 1. The monoisotopic (exact) mass is 321 g/mol. The van der Waals surface area contributed by atoms with Gasteiger partial charge in [0.25, 0.3) is 5.91 Å². The highest BCUT2D eigenvalue weighted by atomic mass is 16.5.